The van der Waals surface area contributed by atoms with E-state index in [1.165, 1.54) is 0 Å². The van der Waals surface area contributed by atoms with Gasteiger partial charge in [0.15, 0.2) is 5.13 Å². The fraction of sp³-hybridized carbons (Fsp3) is 0.182. The summed E-state index contributed by atoms with van der Waals surface area (Å²) >= 11 is 7.52. The Bertz CT molecular complexity index is 428. The quantitative estimate of drug-likeness (QED) is 0.875. The molecular formula is C11H11ClN2S. The van der Waals surface area contributed by atoms with Gasteiger partial charge in [-0.1, -0.05) is 23.7 Å². The average molecular weight is 239 g/mol. The fourth-order valence-corrected chi connectivity index (χ4v) is 2.16. The van der Waals surface area contributed by atoms with Gasteiger partial charge in [0.2, 0.25) is 0 Å². The summed E-state index contributed by atoms with van der Waals surface area (Å²) in [5.41, 5.74) is 1.16. The Hall–Kier alpha value is -1.06. The van der Waals surface area contributed by atoms with Gasteiger partial charge in [0.05, 0.1) is 6.04 Å². The predicted molar refractivity (Wildman–Crippen MR) is 65.6 cm³/mol. The van der Waals surface area contributed by atoms with Crippen molar-refractivity contribution in [3.05, 3.63) is 46.4 Å². The van der Waals surface area contributed by atoms with E-state index in [1.807, 2.05) is 23.6 Å². The number of nitrogens with one attached hydrogen (secondary N) is 1. The molecule has 0 aliphatic carbocycles. The van der Waals surface area contributed by atoms with Crippen molar-refractivity contribution in [1.82, 2.24) is 4.98 Å². The molecule has 2 nitrogen and oxygen atoms in total. The lowest BCUT2D eigenvalue weighted by Crippen LogP contribution is -2.05. The van der Waals surface area contributed by atoms with Crippen LogP contribution in [0.3, 0.4) is 0 Å². The summed E-state index contributed by atoms with van der Waals surface area (Å²) in [6.45, 7) is 2.09. The van der Waals surface area contributed by atoms with Gasteiger partial charge >= 0.3 is 0 Å². The Labute approximate surface area is 97.9 Å². The maximum atomic E-state index is 5.93. The standard InChI is InChI=1S/C11H11ClN2S/c1-8(14-11-13-5-6-15-11)9-3-2-4-10(12)7-9/h2-8H,1H3,(H,13,14). The zero-order chi connectivity index (χ0) is 10.7. The van der Waals surface area contributed by atoms with E-state index in [0.29, 0.717) is 0 Å². The van der Waals surface area contributed by atoms with E-state index >= 15 is 0 Å². The van der Waals surface area contributed by atoms with Crippen molar-refractivity contribution in [2.24, 2.45) is 0 Å². The Balaban J connectivity index is 2.11. The molecule has 1 aromatic heterocycles. The van der Waals surface area contributed by atoms with Gasteiger partial charge in [0.1, 0.15) is 0 Å². The van der Waals surface area contributed by atoms with E-state index in [-0.39, 0.29) is 6.04 Å². The molecule has 1 N–H and O–H groups in total. The number of thiazole rings is 1. The summed E-state index contributed by atoms with van der Waals surface area (Å²) in [6, 6.07) is 8.07. The molecule has 2 aromatic rings. The van der Waals surface area contributed by atoms with Crippen LogP contribution in [0.25, 0.3) is 0 Å². The van der Waals surface area contributed by atoms with Gasteiger partial charge in [-0.15, -0.1) is 11.3 Å². The van der Waals surface area contributed by atoms with Crippen LogP contribution in [-0.2, 0) is 0 Å². The molecule has 0 fully saturated rings. The third-order valence-corrected chi connectivity index (χ3v) is 3.06. The monoisotopic (exact) mass is 238 g/mol. The van der Waals surface area contributed by atoms with Crippen LogP contribution in [0, 0.1) is 0 Å². The number of benzene rings is 1. The van der Waals surface area contributed by atoms with Gasteiger partial charge in [0.25, 0.3) is 0 Å². The van der Waals surface area contributed by atoms with E-state index in [9.17, 15) is 0 Å². The van der Waals surface area contributed by atoms with E-state index in [2.05, 4.69) is 23.3 Å². The number of anilines is 1. The molecule has 0 saturated carbocycles. The van der Waals surface area contributed by atoms with Gasteiger partial charge in [-0.3, -0.25) is 0 Å². The summed E-state index contributed by atoms with van der Waals surface area (Å²) in [5, 5.41) is 6.96. The number of rotatable bonds is 3. The Kier molecular flexibility index (Phi) is 3.23. The molecule has 1 unspecified atom stereocenters. The van der Waals surface area contributed by atoms with E-state index < -0.39 is 0 Å². The first-order chi connectivity index (χ1) is 7.25. The molecule has 4 heteroatoms. The first-order valence-corrected chi connectivity index (χ1v) is 5.93. The summed E-state index contributed by atoms with van der Waals surface area (Å²) in [4.78, 5) is 4.18. The zero-order valence-corrected chi connectivity index (χ0v) is 9.85. The van der Waals surface area contributed by atoms with Gasteiger partial charge in [-0.2, -0.15) is 0 Å². The van der Waals surface area contributed by atoms with Crippen LogP contribution in [0.4, 0.5) is 5.13 Å². The maximum absolute atomic E-state index is 5.93. The minimum Gasteiger partial charge on any atom is -0.355 e. The lowest BCUT2D eigenvalue weighted by atomic mass is 10.1. The second-order valence-corrected chi connectivity index (χ2v) is 4.59. The minimum absolute atomic E-state index is 0.217. The molecule has 0 aliphatic heterocycles. The Morgan fingerprint density at radius 2 is 2.33 bits per heavy atom. The third-order valence-electron chi connectivity index (χ3n) is 2.12. The van der Waals surface area contributed by atoms with Crippen LogP contribution in [0.15, 0.2) is 35.8 Å². The highest BCUT2D eigenvalue weighted by Crippen LogP contribution is 2.22. The maximum Gasteiger partial charge on any atom is 0.183 e. The lowest BCUT2D eigenvalue weighted by molar-refractivity contribution is 0.882. The fourth-order valence-electron chi connectivity index (χ4n) is 1.34. The molecule has 0 amide bonds. The molecule has 0 radical (unpaired) electrons. The smallest absolute Gasteiger partial charge is 0.183 e. The average Bonchev–Trinajstić information content (AvgIpc) is 2.70. The van der Waals surface area contributed by atoms with Crippen molar-refractivity contribution >= 4 is 28.1 Å². The van der Waals surface area contributed by atoms with E-state index in [4.69, 9.17) is 11.6 Å². The number of aromatic nitrogens is 1. The molecule has 0 aliphatic rings. The Morgan fingerprint density at radius 3 is 3.00 bits per heavy atom. The number of hydrogen-bond donors (Lipinski definition) is 1. The summed E-state index contributed by atoms with van der Waals surface area (Å²) in [5.74, 6) is 0. The van der Waals surface area contributed by atoms with Crippen molar-refractivity contribution in [3.8, 4) is 0 Å². The van der Waals surface area contributed by atoms with Gasteiger partial charge in [0, 0.05) is 16.6 Å². The van der Waals surface area contributed by atoms with Crippen LogP contribution < -0.4 is 5.32 Å². The highest BCUT2D eigenvalue weighted by atomic mass is 35.5. The first kappa shape index (κ1) is 10.5. The molecule has 1 atom stereocenters. The molecule has 1 aromatic carbocycles. The number of nitrogens with zero attached hydrogens (tertiary/aromatic N) is 1. The summed E-state index contributed by atoms with van der Waals surface area (Å²) in [7, 11) is 0. The lowest BCUT2D eigenvalue weighted by Gasteiger charge is -2.13. The molecule has 78 valence electrons. The van der Waals surface area contributed by atoms with Crippen molar-refractivity contribution in [1.29, 1.82) is 0 Å². The summed E-state index contributed by atoms with van der Waals surface area (Å²) in [6.07, 6.45) is 1.79. The zero-order valence-electron chi connectivity index (χ0n) is 8.27. The normalized spacial score (nSPS) is 12.4. The van der Waals surface area contributed by atoms with Crippen molar-refractivity contribution in [2.45, 2.75) is 13.0 Å². The molecule has 0 spiro atoms. The van der Waals surface area contributed by atoms with Crippen LogP contribution in [0.5, 0.6) is 0 Å². The predicted octanol–water partition coefficient (Wildman–Crippen LogP) is 3.97. The van der Waals surface area contributed by atoms with E-state index in [0.717, 1.165) is 15.7 Å². The SMILES string of the molecule is CC(Nc1nccs1)c1cccc(Cl)c1. The summed E-state index contributed by atoms with van der Waals surface area (Å²) < 4.78 is 0. The second kappa shape index (κ2) is 4.64. The first-order valence-electron chi connectivity index (χ1n) is 4.67. The third kappa shape index (κ3) is 2.70. The topological polar surface area (TPSA) is 24.9 Å². The minimum atomic E-state index is 0.217. The number of hydrogen-bond acceptors (Lipinski definition) is 3. The highest BCUT2D eigenvalue weighted by Gasteiger charge is 2.06. The van der Waals surface area contributed by atoms with Crippen molar-refractivity contribution in [2.75, 3.05) is 5.32 Å². The largest absolute Gasteiger partial charge is 0.355 e. The van der Waals surface area contributed by atoms with Crippen LogP contribution in [0.2, 0.25) is 5.02 Å². The van der Waals surface area contributed by atoms with Crippen LogP contribution >= 0.6 is 22.9 Å². The second-order valence-electron chi connectivity index (χ2n) is 3.26. The van der Waals surface area contributed by atoms with Crippen LogP contribution in [-0.4, -0.2) is 4.98 Å². The molecular weight excluding hydrogens is 228 g/mol. The number of halogens is 1. The molecule has 2 rings (SSSR count). The molecule has 1 heterocycles. The molecule has 0 saturated heterocycles. The van der Waals surface area contributed by atoms with Gasteiger partial charge < -0.3 is 5.32 Å². The van der Waals surface area contributed by atoms with Gasteiger partial charge in [-0.25, -0.2) is 4.98 Å². The Morgan fingerprint density at radius 1 is 1.47 bits per heavy atom. The van der Waals surface area contributed by atoms with Crippen molar-refractivity contribution < 1.29 is 0 Å². The van der Waals surface area contributed by atoms with E-state index in [1.54, 1.807) is 17.5 Å². The van der Waals surface area contributed by atoms with Crippen LogP contribution in [0.1, 0.15) is 18.5 Å². The molecule has 15 heavy (non-hydrogen) atoms. The highest BCUT2D eigenvalue weighted by molar-refractivity contribution is 7.13. The van der Waals surface area contributed by atoms with Gasteiger partial charge in [-0.05, 0) is 24.6 Å². The van der Waals surface area contributed by atoms with Crippen molar-refractivity contribution in [3.63, 3.8) is 0 Å². The molecule has 0 bridgehead atoms.